The van der Waals surface area contributed by atoms with E-state index in [1.54, 1.807) is 6.08 Å². The first-order valence-corrected chi connectivity index (χ1v) is 8.34. The van der Waals surface area contributed by atoms with Crippen molar-refractivity contribution in [3.8, 4) is 0 Å². The highest BCUT2D eigenvalue weighted by atomic mass is 16.6. The highest BCUT2D eigenvalue weighted by Crippen LogP contribution is 2.32. The molecule has 4 aliphatic rings. The normalized spacial score (nSPS) is 38.0. The van der Waals surface area contributed by atoms with Crippen LogP contribution >= 0.6 is 0 Å². The Hall–Kier alpha value is -1.80. The van der Waals surface area contributed by atoms with Gasteiger partial charge in [0.1, 0.15) is 12.6 Å². The van der Waals surface area contributed by atoms with Crippen LogP contribution in [0.3, 0.4) is 0 Å². The molecule has 134 valence electrons. The Morgan fingerprint density at radius 2 is 1.88 bits per heavy atom. The minimum Gasteiger partial charge on any atom is -0.602 e. The lowest BCUT2D eigenvalue weighted by molar-refractivity contribution is -0.961. The Morgan fingerprint density at radius 1 is 1.25 bits per heavy atom. The van der Waals surface area contributed by atoms with Gasteiger partial charge in [-0.1, -0.05) is 0 Å². The van der Waals surface area contributed by atoms with Crippen molar-refractivity contribution in [3.05, 3.63) is 12.0 Å². The first kappa shape index (κ1) is 17.0. The van der Waals surface area contributed by atoms with E-state index >= 15 is 0 Å². The molecular weight excluding hydrogens is 316 g/mol. The number of nitrogens with zero attached hydrogens (tertiary/aromatic N) is 2. The number of piperazine rings is 3. The fraction of sp³-hybridized carbons (Fsp3) is 0.750. The smallest absolute Gasteiger partial charge is 0.303 e. The van der Waals surface area contributed by atoms with Crippen molar-refractivity contribution in [1.29, 1.82) is 0 Å². The Kier molecular flexibility index (Phi) is 4.69. The molecule has 3 saturated heterocycles. The predicted octanol–water partition coefficient (Wildman–Crippen LogP) is -1.40. The summed E-state index contributed by atoms with van der Waals surface area (Å²) in [6.45, 7) is 8.18. The lowest BCUT2D eigenvalue weighted by atomic mass is 9.95. The average Bonchev–Trinajstić information content (AvgIpc) is 2.56. The van der Waals surface area contributed by atoms with E-state index in [1.165, 1.54) is 13.8 Å². The Labute approximate surface area is 141 Å². The van der Waals surface area contributed by atoms with Gasteiger partial charge in [-0.15, -0.1) is 0 Å². The van der Waals surface area contributed by atoms with E-state index in [0.29, 0.717) is 0 Å². The van der Waals surface area contributed by atoms with Crippen molar-refractivity contribution in [3.63, 3.8) is 0 Å². The number of carbonyl (C=O) groups is 2. The molecule has 0 saturated carbocycles. The van der Waals surface area contributed by atoms with Crippen LogP contribution < -0.4 is 5.11 Å². The number of esters is 2. The second kappa shape index (κ2) is 6.60. The molecule has 0 spiro atoms. The molecule has 2 bridgehead atoms. The molecule has 8 heteroatoms. The van der Waals surface area contributed by atoms with Crippen LogP contribution in [-0.4, -0.2) is 85.4 Å². The summed E-state index contributed by atoms with van der Waals surface area (Å²) >= 11 is 0. The van der Waals surface area contributed by atoms with Crippen molar-refractivity contribution >= 4 is 11.9 Å². The Bertz CT molecular complexity index is 527. The molecule has 0 aromatic heterocycles. The predicted molar refractivity (Wildman–Crippen MR) is 80.2 cm³/mol. The summed E-state index contributed by atoms with van der Waals surface area (Å²) in [4.78, 5) is 25.1. The summed E-state index contributed by atoms with van der Waals surface area (Å²) in [7, 11) is 0. The number of quaternary nitrogens is 1. The van der Waals surface area contributed by atoms with Gasteiger partial charge in [0.2, 0.25) is 0 Å². The summed E-state index contributed by atoms with van der Waals surface area (Å²) in [5, 5.41) is 12.1. The maximum atomic E-state index is 12.1. The molecular formula is C16H24N2O6. The van der Waals surface area contributed by atoms with E-state index in [-0.39, 0.29) is 12.6 Å². The van der Waals surface area contributed by atoms with Crippen molar-refractivity contribution in [2.24, 2.45) is 0 Å². The topological polar surface area (TPSA) is 88.1 Å². The zero-order valence-electron chi connectivity index (χ0n) is 14.1. The minimum absolute atomic E-state index is 0.102. The quantitative estimate of drug-likeness (QED) is 0.459. The Balaban J connectivity index is 1.87. The van der Waals surface area contributed by atoms with Crippen LogP contribution in [-0.2, 0) is 23.8 Å². The number of rotatable bonds is 4. The van der Waals surface area contributed by atoms with Crippen LogP contribution in [0.15, 0.2) is 12.0 Å². The van der Waals surface area contributed by atoms with E-state index in [0.717, 1.165) is 43.8 Å². The van der Waals surface area contributed by atoms with E-state index in [1.807, 2.05) is 0 Å². The summed E-state index contributed by atoms with van der Waals surface area (Å²) in [6, 6.07) is -0.266. The molecule has 24 heavy (non-hydrogen) atoms. The van der Waals surface area contributed by atoms with E-state index in [2.05, 4.69) is 4.90 Å². The van der Waals surface area contributed by atoms with Gasteiger partial charge in [0.05, 0.1) is 31.7 Å². The molecule has 4 rings (SSSR count). The van der Waals surface area contributed by atoms with Gasteiger partial charge in [-0.3, -0.25) is 14.5 Å². The fourth-order valence-corrected chi connectivity index (χ4v) is 3.98. The highest BCUT2D eigenvalue weighted by Gasteiger charge is 2.50. The summed E-state index contributed by atoms with van der Waals surface area (Å²) in [5.74, 6) is -1.34. The zero-order chi connectivity index (χ0) is 17.3. The molecule has 0 N–H and O–H groups in total. The molecule has 4 heterocycles. The van der Waals surface area contributed by atoms with Gasteiger partial charge in [-0.2, -0.15) is 0 Å². The summed E-state index contributed by atoms with van der Waals surface area (Å²) < 4.78 is 16.6. The SMILES string of the molecule is CC(=O)OC[C@H]1OC([O-])=CC([N+]23CCN(CC2)CC3)[C@@H]1OC(C)=O. The van der Waals surface area contributed by atoms with Gasteiger partial charge in [0, 0.05) is 33.5 Å². The molecule has 0 radical (unpaired) electrons. The molecule has 0 aliphatic carbocycles. The van der Waals surface area contributed by atoms with Crippen molar-refractivity contribution in [1.82, 2.24) is 4.90 Å². The number of fused-ring (bicyclic) bond motifs is 3. The lowest BCUT2D eigenvalue weighted by Gasteiger charge is -2.57. The monoisotopic (exact) mass is 340 g/mol. The molecule has 3 fully saturated rings. The first-order valence-electron chi connectivity index (χ1n) is 8.34. The van der Waals surface area contributed by atoms with Gasteiger partial charge in [-0.25, -0.2) is 0 Å². The number of carbonyl (C=O) groups excluding carboxylic acids is 2. The van der Waals surface area contributed by atoms with Crippen LogP contribution in [0.1, 0.15) is 13.8 Å². The first-order chi connectivity index (χ1) is 11.4. The molecule has 0 aromatic rings. The van der Waals surface area contributed by atoms with Crippen LogP contribution in [0, 0.1) is 0 Å². The second-order valence-electron chi connectivity index (χ2n) is 6.74. The number of ether oxygens (including phenoxy) is 3. The summed E-state index contributed by atoms with van der Waals surface area (Å²) in [5.41, 5.74) is 0. The van der Waals surface area contributed by atoms with E-state index < -0.39 is 30.1 Å². The average molecular weight is 340 g/mol. The minimum atomic E-state index is -0.771. The van der Waals surface area contributed by atoms with Crippen LogP contribution in [0.25, 0.3) is 0 Å². The van der Waals surface area contributed by atoms with E-state index in [9.17, 15) is 14.7 Å². The largest absolute Gasteiger partial charge is 0.602 e. The summed E-state index contributed by atoms with van der Waals surface area (Å²) in [6.07, 6.45) is 0.135. The molecule has 0 amide bonds. The third kappa shape index (κ3) is 3.34. The second-order valence-corrected chi connectivity index (χ2v) is 6.74. The van der Waals surface area contributed by atoms with Crippen LogP contribution in [0.2, 0.25) is 0 Å². The molecule has 8 nitrogen and oxygen atoms in total. The maximum Gasteiger partial charge on any atom is 0.303 e. The van der Waals surface area contributed by atoms with Crippen molar-refractivity contribution in [2.75, 3.05) is 45.9 Å². The highest BCUT2D eigenvalue weighted by molar-refractivity contribution is 5.66. The molecule has 1 unspecified atom stereocenters. The lowest BCUT2D eigenvalue weighted by Crippen LogP contribution is -2.74. The van der Waals surface area contributed by atoms with Gasteiger partial charge >= 0.3 is 11.9 Å². The maximum absolute atomic E-state index is 12.1. The van der Waals surface area contributed by atoms with Gasteiger partial charge in [-0.05, 0) is 6.08 Å². The fourth-order valence-electron chi connectivity index (χ4n) is 3.98. The third-order valence-corrected chi connectivity index (χ3v) is 5.25. The van der Waals surface area contributed by atoms with Gasteiger partial charge in [0.25, 0.3) is 0 Å². The van der Waals surface area contributed by atoms with Crippen molar-refractivity contribution in [2.45, 2.75) is 32.1 Å². The molecule has 3 atom stereocenters. The van der Waals surface area contributed by atoms with Crippen LogP contribution in [0.5, 0.6) is 0 Å². The van der Waals surface area contributed by atoms with Gasteiger partial charge in [0.15, 0.2) is 6.10 Å². The molecule has 0 aromatic carbocycles. The molecule has 4 aliphatic heterocycles. The zero-order valence-corrected chi connectivity index (χ0v) is 14.1. The third-order valence-electron chi connectivity index (χ3n) is 5.25. The van der Waals surface area contributed by atoms with Gasteiger partial charge < -0.3 is 23.8 Å². The number of hydrogen-bond acceptors (Lipinski definition) is 7. The van der Waals surface area contributed by atoms with Crippen LogP contribution in [0.4, 0.5) is 0 Å². The van der Waals surface area contributed by atoms with E-state index in [4.69, 9.17) is 14.2 Å². The number of hydrogen-bond donors (Lipinski definition) is 0. The Morgan fingerprint density at radius 3 is 2.42 bits per heavy atom. The van der Waals surface area contributed by atoms with Crippen molar-refractivity contribution < 1.29 is 33.4 Å². The standard InChI is InChI=1S/C16H24N2O6/c1-11(19)22-10-14-16(23-12(2)20)13(9-15(21)24-14)18-6-3-17(4-7-18)5-8-18/h9,13-14,16H,3-8,10H2,1-2H3/t13?,14-,16+/m1/s1.